The number of carbonyl (C=O) groups excluding carboxylic acids is 2. The summed E-state index contributed by atoms with van der Waals surface area (Å²) >= 11 is 0. The van der Waals surface area contributed by atoms with Crippen LogP contribution in [0.1, 0.15) is 189 Å². The molecule has 58 heavy (non-hydrogen) atoms. The number of anilines is 1. The third-order valence-electron chi connectivity index (χ3n) is 12.1. The van der Waals surface area contributed by atoms with Gasteiger partial charge in [-0.05, 0) is 77.8 Å². The molecule has 0 radical (unpaired) electrons. The summed E-state index contributed by atoms with van der Waals surface area (Å²) in [5, 5.41) is 23.8. The number of aromatic nitrogens is 2. The zero-order valence-corrected chi connectivity index (χ0v) is 36.8. The highest BCUT2D eigenvalue weighted by atomic mass is 35.5. The second-order valence-corrected chi connectivity index (χ2v) is 17.1. The fourth-order valence-corrected chi connectivity index (χ4v) is 8.89. The van der Waals surface area contributed by atoms with Gasteiger partial charge in [-0.15, -0.1) is 0 Å². The van der Waals surface area contributed by atoms with E-state index in [1.165, 1.54) is 44.9 Å². The van der Waals surface area contributed by atoms with Crippen molar-refractivity contribution in [2.24, 2.45) is 11.5 Å². The molecule has 1 amide bonds. The van der Waals surface area contributed by atoms with Crippen LogP contribution in [0.4, 0.5) is 5.95 Å². The molecule has 0 bridgehead atoms. The van der Waals surface area contributed by atoms with Crippen molar-refractivity contribution in [1.29, 1.82) is 0 Å². The molecule has 12 nitrogen and oxygen atoms in total. The molecular formula is C45H79ClN6O6. The summed E-state index contributed by atoms with van der Waals surface area (Å²) in [6.45, 7) is 6.30. The topological polar surface area (TPSA) is 177 Å². The maximum Gasteiger partial charge on any atom is 0.394 e. The van der Waals surface area contributed by atoms with E-state index < -0.39 is 17.9 Å². The molecule has 0 saturated carbocycles. The van der Waals surface area contributed by atoms with Crippen LogP contribution in [0, 0.1) is 0 Å². The largest absolute Gasteiger partial charge is 1.00 e. The summed E-state index contributed by atoms with van der Waals surface area (Å²) in [6.07, 6.45) is 27.7. The van der Waals surface area contributed by atoms with E-state index in [1.807, 2.05) is 6.92 Å². The Balaban J connectivity index is 0.00000900. The number of halogens is 1. The van der Waals surface area contributed by atoms with Gasteiger partial charge in [0, 0.05) is 45.2 Å². The minimum absolute atomic E-state index is 0. The number of allylic oxidation sites excluding steroid dienone is 1. The fraction of sp³-hybridized carbons (Fsp3) is 0.822. The predicted molar refractivity (Wildman–Crippen MR) is 226 cm³/mol. The fourth-order valence-electron chi connectivity index (χ4n) is 8.89. The Morgan fingerprint density at radius 3 is 2.29 bits per heavy atom. The molecule has 1 spiro atoms. The molecule has 0 aromatic carbocycles. The lowest BCUT2D eigenvalue weighted by atomic mass is 9.95. The third kappa shape index (κ3) is 16.3. The first-order chi connectivity index (χ1) is 27.7. The number of nitrogens with one attached hydrogen (secondary N) is 1. The molecule has 4 heterocycles. The van der Waals surface area contributed by atoms with Gasteiger partial charge in [0.25, 0.3) is 0 Å². The van der Waals surface area contributed by atoms with Crippen LogP contribution in [0.25, 0.3) is 0 Å². The van der Waals surface area contributed by atoms with Crippen molar-refractivity contribution in [3.8, 4) is 0 Å². The molecule has 7 N–H and O–H groups in total. The number of nitrogens with zero attached hydrogens (tertiary/aromatic N) is 3. The number of esters is 1. The number of hydrogen-bond acceptors (Lipinski definition) is 10. The number of hydrogen-bond donors (Lipinski definition) is 5. The summed E-state index contributed by atoms with van der Waals surface area (Å²) in [5.74, 6) is 0.665. The van der Waals surface area contributed by atoms with Gasteiger partial charge in [-0.1, -0.05) is 94.7 Å². The van der Waals surface area contributed by atoms with Gasteiger partial charge in [-0.3, -0.25) is 4.79 Å². The lowest BCUT2D eigenvalue weighted by Gasteiger charge is -2.38. The average Bonchev–Trinajstić information content (AvgIpc) is 3.50. The molecule has 1 aromatic heterocycles. The Labute approximate surface area is 356 Å². The van der Waals surface area contributed by atoms with Gasteiger partial charge in [0.15, 0.2) is 5.72 Å². The van der Waals surface area contributed by atoms with E-state index in [2.05, 4.69) is 29.0 Å². The Bertz CT molecular complexity index is 1380. The van der Waals surface area contributed by atoms with E-state index in [0.29, 0.717) is 64.0 Å². The van der Waals surface area contributed by atoms with Gasteiger partial charge in [-0.2, -0.15) is 0 Å². The van der Waals surface area contributed by atoms with E-state index >= 15 is 0 Å². The summed E-state index contributed by atoms with van der Waals surface area (Å²) in [5.41, 5.74) is 13.2. The first kappa shape index (κ1) is 50.0. The van der Waals surface area contributed by atoms with Crippen LogP contribution in [-0.4, -0.2) is 88.8 Å². The monoisotopic (exact) mass is 835 g/mol. The Hall–Kier alpha value is -2.35. The molecule has 4 rings (SSSR count). The van der Waals surface area contributed by atoms with Crippen molar-refractivity contribution >= 4 is 17.8 Å². The quantitative estimate of drug-likeness (QED) is 0.0346. The van der Waals surface area contributed by atoms with E-state index in [4.69, 9.17) is 25.9 Å². The third-order valence-corrected chi connectivity index (χ3v) is 12.1. The summed E-state index contributed by atoms with van der Waals surface area (Å²) in [6, 6.07) is 0.240. The first-order valence-electron chi connectivity index (χ1n) is 23.0. The number of aliphatic hydroxyl groups is 2. The van der Waals surface area contributed by atoms with Crippen LogP contribution >= 0.6 is 0 Å². The molecule has 3 aliphatic rings. The minimum atomic E-state index is -0.568. The maximum atomic E-state index is 13.7. The number of rotatable bonds is 29. The van der Waals surface area contributed by atoms with Crippen molar-refractivity contribution in [3.63, 3.8) is 0 Å². The second kappa shape index (κ2) is 27.5. The molecule has 0 saturated heterocycles. The normalized spacial score (nSPS) is 20.5. The molecule has 13 heteroatoms. The van der Waals surface area contributed by atoms with E-state index in [-0.39, 0.29) is 36.4 Å². The van der Waals surface area contributed by atoms with Gasteiger partial charge in [0.2, 0.25) is 5.91 Å². The lowest BCUT2D eigenvalue weighted by Crippen LogP contribution is -3.00. The Kier molecular flexibility index (Phi) is 23.7. The van der Waals surface area contributed by atoms with Crippen molar-refractivity contribution in [3.05, 3.63) is 29.1 Å². The van der Waals surface area contributed by atoms with Gasteiger partial charge in [0.05, 0.1) is 36.7 Å². The van der Waals surface area contributed by atoms with Crippen LogP contribution in [-0.2, 0) is 27.1 Å². The van der Waals surface area contributed by atoms with E-state index in [9.17, 15) is 19.8 Å². The number of amides is 1. The van der Waals surface area contributed by atoms with Crippen molar-refractivity contribution in [2.75, 3.05) is 38.1 Å². The highest BCUT2D eigenvalue weighted by Crippen LogP contribution is 2.40. The molecule has 3 aliphatic heterocycles. The van der Waals surface area contributed by atoms with Crippen LogP contribution in [0.15, 0.2) is 12.2 Å². The SMILES string of the molecule is CC[C@H]1C=CCC[C@@]2(CC3CCc4c(C(=O)OCCCCCCCCCCCCCCCC(=O)N(CCCN)CC(O)CCN)c(CCCC(C)O)nc([n+]43)N2)O1.[Cl-]. The predicted octanol–water partition coefficient (Wildman–Crippen LogP) is 3.73. The van der Waals surface area contributed by atoms with E-state index in [0.717, 1.165) is 107 Å². The molecule has 1 aromatic rings. The Morgan fingerprint density at radius 2 is 1.66 bits per heavy atom. The molecular weight excluding hydrogens is 756 g/mol. The smallest absolute Gasteiger partial charge is 0.394 e. The van der Waals surface area contributed by atoms with Gasteiger partial charge in [0.1, 0.15) is 11.3 Å². The number of carbonyl (C=O) groups is 2. The maximum absolute atomic E-state index is 13.7. The number of aryl methyl sites for hydroxylation is 1. The Morgan fingerprint density at radius 1 is 0.983 bits per heavy atom. The van der Waals surface area contributed by atoms with E-state index in [1.54, 1.807) is 4.90 Å². The number of unbranched alkanes of at least 4 members (excludes halogenated alkanes) is 12. The molecule has 332 valence electrons. The molecule has 0 fully saturated rings. The van der Waals surface area contributed by atoms with Crippen LogP contribution in [0.2, 0.25) is 0 Å². The summed E-state index contributed by atoms with van der Waals surface area (Å²) in [4.78, 5) is 33.3. The number of aliphatic hydroxyl groups excluding tert-OH is 2. The summed E-state index contributed by atoms with van der Waals surface area (Å²) < 4.78 is 14.9. The molecule has 0 aliphatic carbocycles. The highest BCUT2D eigenvalue weighted by molar-refractivity contribution is 5.91. The van der Waals surface area contributed by atoms with Gasteiger partial charge in [-0.25, -0.2) is 14.7 Å². The van der Waals surface area contributed by atoms with Crippen molar-refractivity contribution < 1.29 is 46.2 Å². The zero-order valence-electron chi connectivity index (χ0n) is 36.1. The van der Waals surface area contributed by atoms with Crippen molar-refractivity contribution in [1.82, 2.24) is 9.88 Å². The minimum Gasteiger partial charge on any atom is -1.00 e. The molecule has 5 atom stereocenters. The standard InChI is InChI=1S/C45H78N6O6.ClH/c1-3-38-22-16-17-28-45(57-38)33-36-25-26-40-42(39(23-19-21-35(2)52)48-44(49-45)51(36)40)43(55)56-32-18-14-12-10-8-6-4-5-7-9-11-13-15-24-41(54)50(31-20-29-46)34-37(53)27-30-47;/h16,22,35-38,52-53H,3-15,17-21,23-34,46-47H2,1-2H3;1H/t35?,36?,37?,38-,45-;/m0./s1. The van der Waals surface area contributed by atoms with Crippen molar-refractivity contribution in [2.45, 2.75) is 204 Å². The first-order valence-corrected chi connectivity index (χ1v) is 23.0. The van der Waals surface area contributed by atoms with Gasteiger partial charge >= 0.3 is 11.9 Å². The van der Waals surface area contributed by atoms with Crippen LogP contribution in [0.5, 0.6) is 0 Å². The van der Waals surface area contributed by atoms with Gasteiger partial charge < -0.3 is 48.5 Å². The zero-order chi connectivity index (χ0) is 40.9. The van der Waals surface area contributed by atoms with Crippen LogP contribution in [0.3, 0.4) is 0 Å². The second-order valence-electron chi connectivity index (χ2n) is 17.1. The number of ether oxygens (including phenoxy) is 2. The summed E-state index contributed by atoms with van der Waals surface area (Å²) in [7, 11) is 0. The average molecular weight is 836 g/mol. The van der Waals surface area contributed by atoms with Crippen LogP contribution < -0.4 is 33.8 Å². The molecule has 3 unspecified atom stereocenters. The number of nitrogens with two attached hydrogens (primary N) is 2. The lowest BCUT2D eigenvalue weighted by molar-refractivity contribution is -0.713. The highest BCUT2D eigenvalue weighted by Gasteiger charge is 2.50.